The van der Waals surface area contributed by atoms with Crippen LogP contribution in [0, 0.1) is 17.7 Å². The summed E-state index contributed by atoms with van der Waals surface area (Å²) in [6.07, 6.45) is -0.476. The van der Waals surface area contributed by atoms with Crippen molar-refractivity contribution in [2.45, 2.75) is 56.7 Å². The molecule has 0 saturated heterocycles. The predicted octanol–water partition coefficient (Wildman–Crippen LogP) is 5.71. The van der Waals surface area contributed by atoms with Crippen molar-refractivity contribution in [3.8, 4) is 5.75 Å². The molecule has 0 unspecified atom stereocenters. The summed E-state index contributed by atoms with van der Waals surface area (Å²) in [4.78, 5) is 12.8. The molecule has 5 rings (SSSR count). The van der Waals surface area contributed by atoms with Gasteiger partial charge < -0.3 is 10.1 Å². The van der Waals surface area contributed by atoms with Crippen LogP contribution < -0.4 is 10.1 Å². The van der Waals surface area contributed by atoms with E-state index in [0.717, 1.165) is 60.9 Å². The van der Waals surface area contributed by atoms with Crippen molar-refractivity contribution >= 4 is 5.91 Å². The number of ether oxygens (including phenoxy) is 1. The summed E-state index contributed by atoms with van der Waals surface area (Å²) >= 11 is 0. The Morgan fingerprint density at radius 3 is 2.62 bits per heavy atom. The molecule has 2 aromatic rings. The SMILES string of the molecule is C[C@H](C(=O)N[C@H]1Cc2ccc(F)cc21)C1CCC2(CC1)COc1cc(C(F)(F)F)ccc12. The fraction of sp³-hybridized carbons (Fsp3) is 0.480. The van der Waals surface area contributed by atoms with E-state index in [1.54, 1.807) is 12.1 Å². The minimum atomic E-state index is -4.39. The minimum absolute atomic E-state index is 0.0243. The second-order valence-electron chi connectivity index (χ2n) is 9.51. The highest BCUT2D eigenvalue weighted by Crippen LogP contribution is 2.51. The number of halogens is 4. The van der Waals surface area contributed by atoms with Crippen LogP contribution in [0.15, 0.2) is 36.4 Å². The van der Waals surface area contributed by atoms with Crippen LogP contribution >= 0.6 is 0 Å². The first-order valence-electron chi connectivity index (χ1n) is 11.1. The smallest absolute Gasteiger partial charge is 0.416 e. The molecule has 2 aliphatic carbocycles. The molecule has 1 heterocycles. The molecule has 2 atom stereocenters. The number of carbonyl (C=O) groups is 1. The minimum Gasteiger partial charge on any atom is -0.492 e. The Morgan fingerprint density at radius 1 is 1.16 bits per heavy atom. The molecule has 3 aliphatic rings. The normalized spacial score (nSPS) is 27.2. The molecule has 1 spiro atoms. The zero-order valence-electron chi connectivity index (χ0n) is 17.8. The van der Waals surface area contributed by atoms with E-state index in [4.69, 9.17) is 4.74 Å². The number of fused-ring (bicyclic) bond motifs is 3. The number of carbonyl (C=O) groups excluding carboxylic acids is 1. The number of hydrogen-bond acceptors (Lipinski definition) is 2. The first kappa shape index (κ1) is 21.3. The fourth-order valence-corrected chi connectivity index (χ4v) is 5.58. The Morgan fingerprint density at radius 2 is 1.91 bits per heavy atom. The van der Waals surface area contributed by atoms with E-state index in [1.807, 2.05) is 6.92 Å². The van der Waals surface area contributed by atoms with Crippen LogP contribution in [0.2, 0.25) is 0 Å². The molecule has 0 bridgehead atoms. The van der Waals surface area contributed by atoms with Crippen molar-refractivity contribution in [2.75, 3.05) is 6.61 Å². The van der Waals surface area contributed by atoms with Gasteiger partial charge in [-0.05, 0) is 73.4 Å². The molecule has 1 amide bonds. The lowest BCUT2D eigenvalue weighted by Gasteiger charge is -2.39. The standard InChI is InChI=1S/C25H25F4NO2/c1-14(23(31)30-21-10-16-2-4-18(26)12-19(16)21)15-6-8-24(9-7-15)13-32-22-11-17(25(27,28)29)3-5-20(22)24/h2-5,11-12,14-15,21H,6-10,13H2,1H3,(H,30,31)/t14-,15?,21-,24?/m0/s1. The Balaban J connectivity index is 1.22. The quantitative estimate of drug-likeness (QED) is 0.612. The van der Waals surface area contributed by atoms with Crippen molar-refractivity contribution in [3.63, 3.8) is 0 Å². The van der Waals surface area contributed by atoms with Crippen LogP contribution in [0.3, 0.4) is 0 Å². The van der Waals surface area contributed by atoms with Gasteiger partial charge in [-0.15, -0.1) is 0 Å². The summed E-state index contributed by atoms with van der Waals surface area (Å²) in [6, 6.07) is 8.35. The van der Waals surface area contributed by atoms with Gasteiger partial charge in [0.2, 0.25) is 5.91 Å². The highest BCUT2D eigenvalue weighted by atomic mass is 19.4. The van der Waals surface area contributed by atoms with Gasteiger partial charge in [0.1, 0.15) is 11.6 Å². The van der Waals surface area contributed by atoms with Gasteiger partial charge in [0.25, 0.3) is 0 Å². The second kappa shape index (κ2) is 7.49. The first-order chi connectivity index (χ1) is 15.2. The number of benzene rings is 2. The summed E-state index contributed by atoms with van der Waals surface area (Å²) in [7, 11) is 0. The monoisotopic (exact) mass is 447 g/mol. The molecule has 1 N–H and O–H groups in total. The van der Waals surface area contributed by atoms with Crippen LogP contribution in [-0.2, 0) is 22.8 Å². The lowest BCUT2D eigenvalue weighted by atomic mass is 9.65. The van der Waals surface area contributed by atoms with Crippen molar-refractivity contribution in [1.82, 2.24) is 5.32 Å². The van der Waals surface area contributed by atoms with E-state index < -0.39 is 11.7 Å². The van der Waals surface area contributed by atoms with Gasteiger partial charge in [0, 0.05) is 16.9 Å². The highest BCUT2D eigenvalue weighted by Gasteiger charge is 2.46. The highest BCUT2D eigenvalue weighted by molar-refractivity contribution is 5.79. The van der Waals surface area contributed by atoms with Gasteiger partial charge in [0.15, 0.2) is 0 Å². The maximum Gasteiger partial charge on any atom is 0.416 e. The Labute approximate surface area is 184 Å². The third-order valence-corrected chi connectivity index (χ3v) is 7.72. The van der Waals surface area contributed by atoms with Gasteiger partial charge in [-0.2, -0.15) is 13.2 Å². The lowest BCUT2D eigenvalue weighted by Crippen LogP contribution is -2.42. The van der Waals surface area contributed by atoms with E-state index in [9.17, 15) is 22.4 Å². The third kappa shape index (κ3) is 3.55. The second-order valence-corrected chi connectivity index (χ2v) is 9.51. The summed E-state index contributed by atoms with van der Waals surface area (Å²) in [5.74, 6) is 0.0315. The van der Waals surface area contributed by atoms with Crippen molar-refractivity contribution in [1.29, 1.82) is 0 Å². The maximum absolute atomic E-state index is 13.5. The number of amides is 1. The van der Waals surface area contributed by atoms with E-state index in [2.05, 4.69) is 5.32 Å². The molecular formula is C25H25F4NO2. The van der Waals surface area contributed by atoms with E-state index in [-0.39, 0.29) is 35.0 Å². The molecule has 3 nitrogen and oxygen atoms in total. The van der Waals surface area contributed by atoms with Gasteiger partial charge in [-0.1, -0.05) is 19.1 Å². The van der Waals surface area contributed by atoms with Gasteiger partial charge in [-0.3, -0.25) is 4.79 Å². The lowest BCUT2D eigenvalue weighted by molar-refractivity contribution is -0.137. The third-order valence-electron chi connectivity index (χ3n) is 7.72. The van der Waals surface area contributed by atoms with Crippen LogP contribution in [0.25, 0.3) is 0 Å². The Hall–Kier alpha value is -2.57. The van der Waals surface area contributed by atoms with Crippen LogP contribution in [-0.4, -0.2) is 12.5 Å². The van der Waals surface area contributed by atoms with Crippen molar-refractivity contribution < 1.29 is 27.1 Å². The van der Waals surface area contributed by atoms with Crippen LogP contribution in [0.5, 0.6) is 5.75 Å². The molecule has 1 fully saturated rings. The van der Waals surface area contributed by atoms with Crippen LogP contribution in [0.4, 0.5) is 17.6 Å². The average Bonchev–Trinajstić information content (AvgIpc) is 3.10. The van der Waals surface area contributed by atoms with Gasteiger partial charge in [0.05, 0.1) is 18.2 Å². The van der Waals surface area contributed by atoms with Crippen LogP contribution in [0.1, 0.15) is 60.9 Å². The zero-order valence-corrected chi connectivity index (χ0v) is 17.8. The summed E-state index contributed by atoms with van der Waals surface area (Å²) < 4.78 is 58.2. The molecule has 2 aromatic carbocycles. The Kier molecular flexibility index (Phi) is 4.98. The van der Waals surface area contributed by atoms with E-state index >= 15 is 0 Å². The largest absolute Gasteiger partial charge is 0.492 e. The molecule has 0 aromatic heterocycles. The number of rotatable bonds is 3. The van der Waals surface area contributed by atoms with Gasteiger partial charge >= 0.3 is 6.18 Å². The number of hydrogen-bond donors (Lipinski definition) is 1. The number of nitrogens with one attached hydrogen (secondary N) is 1. The molecule has 1 aliphatic heterocycles. The summed E-state index contributed by atoms with van der Waals surface area (Å²) in [5.41, 5.74) is 1.82. The fourth-order valence-electron chi connectivity index (χ4n) is 5.58. The maximum atomic E-state index is 13.5. The van der Waals surface area contributed by atoms with E-state index in [0.29, 0.717) is 12.4 Å². The summed E-state index contributed by atoms with van der Waals surface area (Å²) in [5, 5.41) is 3.06. The summed E-state index contributed by atoms with van der Waals surface area (Å²) in [6.45, 7) is 2.32. The van der Waals surface area contributed by atoms with Crippen molar-refractivity contribution in [3.05, 3.63) is 64.5 Å². The molecule has 7 heteroatoms. The van der Waals surface area contributed by atoms with Crippen molar-refractivity contribution in [2.24, 2.45) is 11.8 Å². The molecule has 0 radical (unpaired) electrons. The molecule has 1 saturated carbocycles. The Bertz CT molecular complexity index is 1060. The molecule has 170 valence electrons. The molecule has 32 heavy (non-hydrogen) atoms. The van der Waals surface area contributed by atoms with E-state index in [1.165, 1.54) is 12.1 Å². The van der Waals surface area contributed by atoms with Gasteiger partial charge in [-0.25, -0.2) is 4.39 Å². The zero-order chi connectivity index (χ0) is 22.7. The predicted molar refractivity (Wildman–Crippen MR) is 111 cm³/mol. The topological polar surface area (TPSA) is 38.3 Å². The average molecular weight is 447 g/mol. The number of alkyl halides is 3. The molecular weight excluding hydrogens is 422 g/mol. The first-order valence-corrected chi connectivity index (χ1v) is 11.1.